The van der Waals surface area contributed by atoms with Crippen molar-refractivity contribution in [3.8, 4) is 0 Å². The van der Waals surface area contributed by atoms with E-state index in [9.17, 15) is 15.0 Å². The third-order valence-electron chi connectivity index (χ3n) is 2.96. The summed E-state index contributed by atoms with van der Waals surface area (Å²) in [5, 5.41) is 28.1. The van der Waals surface area contributed by atoms with Gasteiger partial charge in [-0.25, -0.2) is 0 Å². The summed E-state index contributed by atoms with van der Waals surface area (Å²) in [6.45, 7) is 3.57. The van der Waals surface area contributed by atoms with Crippen LogP contribution in [0.1, 0.15) is 26.7 Å². The van der Waals surface area contributed by atoms with Crippen molar-refractivity contribution in [1.29, 1.82) is 0 Å². The second kappa shape index (κ2) is 4.80. The minimum Gasteiger partial charge on any atom is -0.481 e. The van der Waals surface area contributed by atoms with Crippen LogP contribution in [-0.2, 0) is 4.79 Å². The van der Waals surface area contributed by atoms with Crippen molar-refractivity contribution in [1.82, 2.24) is 0 Å². The van der Waals surface area contributed by atoms with Gasteiger partial charge < -0.3 is 15.3 Å². The first-order chi connectivity index (χ1) is 7.42. The minimum absolute atomic E-state index is 0.194. The normalized spacial score (nSPS) is 28.8. The average molecular weight is 226 g/mol. The molecule has 16 heavy (non-hydrogen) atoms. The van der Waals surface area contributed by atoms with Crippen LogP contribution in [0, 0.1) is 5.41 Å². The van der Waals surface area contributed by atoms with Crippen molar-refractivity contribution < 1.29 is 20.1 Å². The molecule has 4 heteroatoms. The fourth-order valence-electron chi connectivity index (χ4n) is 1.92. The Balaban J connectivity index is 3.02. The molecule has 0 aromatic rings. The lowest BCUT2D eigenvalue weighted by atomic mass is 9.81. The van der Waals surface area contributed by atoms with E-state index in [4.69, 9.17) is 5.11 Å². The zero-order valence-electron chi connectivity index (χ0n) is 9.60. The van der Waals surface area contributed by atoms with Gasteiger partial charge in [-0.05, 0) is 32.3 Å². The van der Waals surface area contributed by atoms with E-state index in [-0.39, 0.29) is 19.4 Å². The second-order valence-electron chi connectivity index (χ2n) is 4.51. The molecule has 0 aliphatic heterocycles. The number of aliphatic carboxylic acids is 1. The highest BCUT2D eigenvalue weighted by Gasteiger charge is 2.46. The van der Waals surface area contributed by atoms with Crippen LogP contribution in [0.3, 0.4) is 0 Å². The van der Waals surface area contributed by atoms with E-state index >= 15 is 0 Å². The summed E-state index contributed by atoms with van der Waals surface area (Å²) in [5.74, 6) is -1.04. The molecule has 1 aliphatic carbocycles. The number of aliphatic hydroxyl groups excluding tert-OH is 2. The van der Waals surface area contributed by atoms with Gasteiger partial charge in [0, 0.05) is 0 Å². The highest BCUT2D eigenvalue weighted by Crippen LogP contribution is 2.40. The largest absolute Gasteiger partial charge is 0.481 e. The average Bonchev–Trinajstić information content (AvgIpc) is 2.53. The molecule has 4 nitrogen and oxygen atoms in total. The van der Waals surface area contributed by atoms with Gasteiger partial charge in [0.1, 0.15) is 5.41 Å². The van der Waals surface area contributed by atoms with E-state index in [0.717, 1.165) is 5.57 Å². The Labute approximate surface area is 94.9 Å². The summed E-state index contributed by atoms with van der Waals surface area (Å²) in [4.78, 5) is 11.3. The molecule has 3 N–H and O–H groups in total. The number of carboxylic acids is 1. The molecule has 0 saturated heterocycles. The monoisotopic (exact) mass is 226 g/mol. The molecule has 0 fully saturated rings. The third-order valence-corrected chi connectivity index (χ3v) is 2.96. The van der Waals surface area contributed by atoms with Crippen molar-refractivity contribution >= 4 is 5.97 Å². The first kappa shape index (κ1) is 12.9. The van der Waals surface area contributed by atoms with Gasteiger partial charge in [-0.3, -0.25) is 4.79 Å². The van der Waals surface area contributed by atoms with Crippen molar-refractivity contribution in [2.75, 3.05) is 6.61 Å². The van der Waals surface area contributed by atoms with Crippen molar-refractivity contribution in [2.45, 2.75) is 32.8 Å². The van der Waals surface area contributed by atoms with Gasteiger partial charge in [0.05, 0.1) is 12.7 Å². The van der Waals surface area contributed by atoms with Crippen molar-refractivity contribution in [3.05, 3.63) is 23.3 Å². The van der Waals surface area contributed by atoms with Crippen LogP contribution < -0.4 is 0 Å². The molecule has 1 rings (SSSR count). The standard InChI is InChI=1S/C12H18O4/c1-8(2)3-4-12(11(15)16)6-9(7-13)5-10(12)14/h3,6,10,13-14H,4-5,7H2,1-2H3,(H,15,16)/t10-,12+/m0/s1. The lowest BCUT2D eigenvalue weighted by Gasteiger charge is -2.25. The number of carbonyl (C=O) groups is 1. The summed E-state index contributed by atoms with van der Waals surface area (Å²) < 4.78 is 0. The molecule has 0 amide bonds. The van der Waals surface area contributed by atoms with Crippen molar-refractivity contribution in [3.63, 3.8) is 0 Å². The van der Waals surface area contributed by atoms with Crippen LogP contribution in [0.15, 0.2) is 23.3 Å². The number of aliphatic hydroxyl groups is 2. The van der Waals surface area contributed by atoms with Gasteiger partial charge in [-0.2, -0.15) is 0 Å². The Morgan fingerprint density at radius 3 is 2.62 bits per heavy atom. The molecule has 0 bridgehead atoms. The van der Waals surface area contributed by atoms with Gasteiger partial charge >= 0.3 is 5.97 Å². The lowest BCUT2D eigenvalue weighted by molar-refractivity contribution is -0.150. The predicted octanol–water partition coefficient (Wildman–Crippen LogP) is 1.10. The molecular weight excluding hydrogens is 208 g/mol. The van der Waals surface area contributed by atoms with E-state index in [2.05, 4.69) is 0 Å². The molecule has 1 aliphatic rings. The van der Waals surface area contributed by atoms with Crippen LogP contribution in [0.25, 0.3) is 0 Å². The molecular formula is C12H18O4. The molecule has 0 spiro atoms. The molecule has 90 valence electrons. The third kappa shape index (κ3) is 2.33. The summed E-state index contributed by atoms with van der Waals surface area (Å²) >= 11 is 0. The van der Waals surface area contributed by atoms with Gasteiger partial charge in [-0.15, -0.1) is 0 Å². The smallest absolute Gasteiger partial charge is 0.316 e. The fourth-order valence-corrected chi connectivity index (χ4v) is 1.92. The van der Waals surface area contributed by atoms with Crippen LogP contribution in [0.5, 0.6) is 0 Å². The highest BCUT2D eigenvalue weighted by atomic mass is 16.4. The van der Waals surface area contributed by atoms with Gasteiger partial charge in [0.2, 0.25) is 0 Å². The molecule has 0 aromatic carbocycles. The minimum atomic E-state index is -1.27. The van der Waals surface area contributed by atoms with Gasteiger partial charge in [0.25, 0.3) is 0 Å². The Kier molecular flexibility index (Phi) is 3.88. The van der Waals surface area contributed by atoms with Crippen LogP contribution in [0.4, 0.5) is 0 Å². The number of carboxylic acid groups (broad SMARTS) is 1. The Bertz CT molecular complexity index is 339. The first-order valence-electron chi connectivity index (χ1n) is 5.28. The van der Waals surface area contributed by atoms with Crippen LogP contribution in [0.2, 0.25) is 0 Å². The van der Waals surface area contributed by atoms with E-state index in [1.54, 1.807) is 6.08 Å². The zero-order chi connectivity index (χ0) is 12.3. The Hall–Kier alpha value is -1.13. The van der Waals surface area contributed by atoms with Gasteiger partial charge in [0.15, 0.2) is 0 Å². The van der Waals surface area contributed by atoms with Crippen molar-refractivity contribution in [2.24, 2.45) is 5.41 Å². The van der Waals surface area contributed by atoms with E-state index in [1.165, 1.54) is 6.08 Å². The molecule has 2 atom stereocenters. The van der Waals surface area contributed by atoms with Gasteiger partial charge in [-0.1, -0.05) is 17.7 Å². The Morgan fingerprint density at radius 2 is 2.25 bits per heavy atom. The maximum Gasteiger partial charge on any atom is 0.316 e. The second-order valence-corrected chi connectivity index (χ2v) is 4.51. The van der Waals surface area contributed by atoms with Crippen LogP contribution in [-0.4, -0.2) is 34.0 Å². The summed E-state index contributed by atoms with van der Waals surface area (Å²) in [5.41, 5.74) is 0.339. The molecule has 0 saturated carbocycles. The summed E-state index contributed by atoms with van der Waals surface area (Å²) in [7, 11) is 0. The summed E-state index contributed by atoms with van der Waals surface area (Å²) in [6.07, 6.45) is 2.84. The SMILES string of the molecule is CC(C)=CC[C@@]1(C(=O)O)C=C(CO)C[C@@H]1O. The molecule has 0 radical (unpaired) electrons. The first-order valence-corrected chi connectivity index (χ1v) is 5.28. The number of hydrogen-bond donors (Lipinski definition) is 3. The molecule has 0 heterocycles. The van der Waals surface area contributed by atoms with Crippen LogP contribution >= 0.6 is 0 Å². The maximum atomic E-state index is 11.3. The summed E-state index contributed by atoms with van der Waals surface area (Å²) in [6, 6.07) is 0. The zero-order valence-corrected chi connectivity index (χ0v) is 9.60. The molecule has 0 unspecified atom stereocenters. The lowest BCUT2D eigenvalue weighted by Crippen LogP contribution is -2.37. The number of rotatable bonds is 4. The van der Waals surface area contributed by atoms with E-state index in [1.807, 2.05) is 13.8 Å². The quantitative estimate of drug-likeness (QED) is 0.627. The number of hydrogen-bond acceptors (Lipinski definition) is 3. The molecule has 0 aromatic heterocycles. The fraction of sp³-hybridized carbons (Fsp3) is 0.583. The van der Waals surface area contributed by atoms with E-state index in [0.29, 0.717) is 5.57 Å². The Morgan fingerprint density at radius 1 is 1.62 bits per heavy atom. The predicted molar refractivity (Wildman–Crippen MR) is 59.9 cm³/mol. The highest BCUT2D eigenvalue weighted by molar-refractivity contribution is 5.79. The van der Waals surface area contributed by atoms with E-state index < -0.39 is 17.5 Å². The topological polar surface area (TPSA) is 77.8 Å². The maximum absolute atomic E-state index is 11.3. The number of allylic oxidation sites excluding steroid dienone is 2.